The van der Waals surface area contributed by atoms with Crippen LogP contribution in [0.4, 0.5) is 0 Å². The molecule has 0 fully saturated rings. The molecule has 0 radical (unpaired) electrons. The number of carboxylic acids is 1. The Morgan fingerprint density at radius 2 is 2.44 bits per heavy atom. The van der Waals surface area contributed by atoms with Gasteiger partial charge >= 0.3 is 5.97 Å². The average Bonchev–Trinajstić information content (AvgIpc) is 2.71. The van der Waals surface area contributed by atoms with Crippen molar-refractivity contribution in [1.82, 2.24) is 4.98 Å². The Labute approximate surface area is 103 Å². The Hall–Kier alpha value is -0.550. The summed E-state index contributed by atoms with van der Waals surface area (Å²) in [7, 11) is 0. The molecule has 0 saturated carbocycles. The largest absolute Gasteiger partial charge is 0.481 e. The molecule has 1 N–H and O–H groups in total. The summed E-state index contributed by atoms with van der Waals surface area (Å²) in [5, 5.41) is 10.7. The van der Waals surface area contributed by atoms with Crippen LogP contribution in [0.5, 0.6) is 0 Å². The molecule has 0 aromatic carbocycles. The van der Waals surface area contributed by atoms with Gasteiger partial charge in [-0.1, -0.05) is 13.8 Å². The first-order valence-corrected chi connectivity index (χ1v) is 7.27. The van der Waals surface area contributed by atoms with Crippen molar-refractivity contribution in [3.63, 3.8) is 0 Å². The van der Waals surface area contributed by atoms with Crippen LogP contribution in [0.1, 0.15) is 41.8 Å². The van der Waals surface area contributed by atoms with Crippen LogP contribution in [0.15, 0.2) is 0 Å². The van der Waals surface area contributed by atoms with Crippen molar-refractivity contribution in [2.24, 2.45) is 0 Å². The molecule has 0 aliphatic heterocycles. The lowest BCUT2D eigenvalue weighted by molar-refractivity contribution is -0.138. The molecule has 0 spiro atoms. The van der Waals surface area contributed by atoms with E-state index in [2.05, 4.69) is 18.8 Å². The number of hydrogen-bond donors (Lipinski definition) is 1. The maximum Gasteiger partial charge on any atom is 0.312 e. The van der Waals surface area contributed by atoms with Gasteiger partial charge in [-0.2, -0.15) is 11.8 Å². The lowest BCUT2D eigenvalue weighted by Gasteiger charge is -2.03. The fourth-order valence-electron chi connectivity index (χ4n) is 1.82. The third kappa shape index (κ3) is 2.40. The first kappa shape index (κ1) is 11.9. The zero-order valence-corrected chi connectivity index (χ0v) is 11.0. The molecule has 1 heterocycles. The number of fused-ring (bicyclic) bond motifs is 1. The number of aryl methyl sites for hydroxylation is 1. The smallest absolute Gasteiger partial charge is 0.312 e. The van der Waals surface area contributed by atoms with Crippen molar-refractivity contribution in [1.29, 1.82) is 0 Å². The highest BCUT2D eigenvalue weighted by Crippen LogP contribution is 2.37. The van der Waals surface area contributed by atoms with Crippen molar-refractivity contribution >= 4 is 29.1 Å². The van der Waals surface area contributed by atoms with Crippen molar-refractivity contribution in [3.8, 4) is 0 Å². The second-order valence-corrected chi connectivity index (χ2v) is 6.94. The first-order chi connectivity index (χ1) is 7.58. The molecule has 3 nitrogen and oxygen atoms in total. The normalized spacial score (nSPS) is 19.1. The Balaban J connectivity index is 2.10. The summed E-state index contributed by atoms with van der Waals surface area (Å²) < 4.78 is 0. The summed E-state index contributed by atoms with van der Waals surface area (Å²) in [5.74, 6) is -0.182. The maximum atomic E-state index is 11.0. The SMILES string of the molecule is CC(C)SCc1nc2c(s1)CCC2C(=O)O. The number of aliphatic carboxylic acids is 1. The Kier molecular flexibility index (Phi) is 3.54. The zero-order chi connectivity index (χ0) is 11.7. The lowest BCUT2D eigenvalue weighted by atomic mass is 10.1. The fraction of sp³-hybridized carbons (Fsp3) is 0.636. The molecule has 0 amide bonds. The summed E-state index contributed by atoms with van der Waals surface area (Å²) >= 11 is 3.54. The molecule has 1 aromatic heterocycles. The molecule has 1 aromatic rings. The van der Waals surface area contributed by atoms with Crippen molar-refractivity contribution < 1.29 is 9.90 Å². The molecule has 1 atom stereocenters. The van der Waals surface area contributed by atoms with Crippen LogP contribution >= 0.6 is 23.1 Å². The summed E-state index contributed by atoms with van der Waals surface area (Å²) in [5.41, 5.74) is 0.830. The molecule has 16 heavy (non-hydrogen) atoms. The number of hydrogen-bond acceptors (Lipinski definition) is 4. The summed E-state index contributed by atoms with van der Waals surface area (Å²) in [6, 6.07) is 0. The van der Waals surface area contributed by atoms with Crippen molar-refractivity contribution in [3.05, 3.63) is 15.6 Å². The fourth-order valence-corrected chi connectivity index (χ4v) is 3.74. The number of rotatable bonds is 4. The van der Waals surface area contributed by atoms with Crippen LogP contribution in [0.3, 0.4) is 0 Å². The first-order valence-electron chi connectivity index (χ1n) is 5.40. The van der Waals surface area contributed by atoms with Gasteiger partial charge in [-0.15, -0.1) is 11.3 Å². The molecule has 1 aliphatic carbocycles. The third-order valence-electron chi connectivity index (χ3n) is 2.60. The topological polar surface area (TPSA) is 50.2 Å². The minimum Gasteiger partial charge on any atom is -0.481 e. The van der Waals surface area contributed by atoms with E-state index in [9.17, 15) is 4.79 Å². The van der Waals surface area contributed by atoms with E-state index < -0.39 is 5.97 Å². The van der Waals surface area contributed by atoms with Gasteiger partial charge in [0.05, 0.1) is 5.69 Å². The maximum absolute atomic E-state index is 11.0. The van der Waals surface area contributed by atoms with Gasteiger partial charge in [0.2, 0.25) is 0 Å². The number of aromatic nitrogens is 1. The second-order valence-electron chi connectivity index (χ2n) is 4.21. The molecular formula is C11H15NO2S2. The molecule has 0 saturated heterocycles. The van der Waals surface area contributed by atoms with E-state index in [0.717, 1.165) is 29.3 Å². The van der Waals surface area contributed by atoms with Crippen LogP contribution in [-0.4, -0.2) is 21.3 Å². The molecule has 0 bridgehead atoms. The van der Waals surface area contributed by atoms with Crippen molar-refractivity contribution in [2.45, 2.75) is 43.6 Å². The quantitative estimate of drug-likeness (QED) is 0.901. The number of thiazole rings is 1. The van der Waals surface area contributed by atoms with Gasteiger partial charge < -0.3 is 5.11 Å². The van der Waals surface area contributed by atoms with E-state index in [0.29, 0.717) is 5.25 Å². The van der Waals surface area contributed by atoms with Crippen molar-refractivity contribution in [2.75, 3.05) is 0 Å². The van der Waals surface area contributed by atoms with Gasteiger partial charge in [0.1, 0.15) is 10.9 Å². The number of carboxylic acid groups (broad SMARTS) is 1. The molecule has 2 rings (SSSR count). The van der Waals surface area contributed by atoms with Gasteiger partial charge in [-0.25, -0.2) is 4.98 Å². The van der Waals surface area contributed by atoms with Gasteiger partial charge in [0.15, 0.2) is 0 Å². The minimum absolute atomic E-state index is 0.357. The Morgan fingerprint density at radius 3 is 3.06 bits per heavy atom. The predicted molar refractivity (Wildman–Crippen MR) is 67.2 cm³/mol. The van der Waals surface area contributed by atoms with Gasteiger partial charge in [-0.3, -0.25) is 4.79 Å². The van der Waals surface area contributed by atoms with Crippen LogP contribution in [0.2, 0.25) is 0 Å². The van der Waals surface area contributed by atoms with Gasteiger partial charge in [0, 0.05) is 10.6 Å². The highest BCUT2D eigenvalue weighted by atomic mass is 32.2. The predicted octanol–water partition coefficient (Wildman–Crippen LogP) is 2.90. The Morgan fingerprint density at radius 1 is 1.69 bits per heavy atom. The van der Waals surface area contributed by atoms with E-state index >= 15 is 0 Å². The number of nitrogens with zero attached hydrogens (tertiary/aromatic N) is 1. The van der Waals surface area contributed by atoms with Crippen LogP contribution in [0.25, 0.3) is 0 Å². The van der Waals surface area contributed by atoms with E-state index in [1.807, 2.05) is 11.8 Å². The van der Waals surface area contributed by atoms with Crippen LogP contribution in [0, 0.1) is 0 Å². The Bertz CT molecular complexity index is 401. The van der Waals surface area contributed by atoms with Crippen LogP contribution in [-0.2, 0) is 17.0 Å². The van der Waals surface area contributed by atoms with E-state index in [1.165, 1.54) is 4.88 Å². The second kappa shape index (κ2) is 4.75. The monoisotopic (exact) mass is 257 g/mol. The third-order valence-corrected chi connectivity index (χ3v) is 5.02. The molecule has 1 unspecified atom stereocenters. The van der Waals surface area contributed by atoms with E-state index in [4.69, 9.17) is 5.11 Å². The zero-order valence-electron chi connectivity index (χ0n) is 9.40. The molecule has 1 aliphatic rings. The standard InChI is InChI=1S/C11H15NO2S2/c1-6(2)15-5-9-12-10-7(11(13)14)3-4-8(10)16-9/h6-7H,3-5H2,1-2H3,(H,13,14). The van der Waals surface area contributed by atoms with Crippen LogP contribution < -0.4 is 0 Å². The highest BCUT2D eigenvalue weighted by Gasteiger charge is 2.32. The number of carbonyl (C=O) groups is 1. The van der Waals surface area contributed by atoms with E-state index in [-0.39, 0.29) is 5.92 Å². The number of thioether (sulfide) groups is 1. The van der Waals surface area contributed by atoms with Gasteiger partial charge in [-0.05, 0) is 18.1 Å². The van der Waals surface area contributed by atoms with Gasteiger partial charge in [0.25, 0.3) is 0 Å². The molecule has 88 valence electrons. The molecule has 5 heteroatoms. The minimum atomic E-state index is -0.730. The highest BCUT2D eigenvalue weighted by molar-refractivity contribution is 7.99. The summed E-state index contributed by atoms with van der Waals surface area (Å²) in [6.45, 7) is 4.32. The average molecular weight is 257 g/mol. The molecular weight excluding hydrogens is 242 g/mol. The lowest BCUT2D eigenvalue weighted by Crippen LogP contribution is -2.08. The summed E-state index contributed by atoms with van der Waals surface area (Å²) in [6.07, 6.45) is 1.61. The van der Waals surface area contributed by atoms with E-state index in [1.54, 1.807) is 11.3 Å². The summed E-state index contributed by atoms with van der Waals surface area (Å²) in [4.78, 5) is 16.7.